The van der Waals surface area contributed by atoms with Crippen LogP contribution in [0, 0.1) is 5.92 Å². The molecule has 1 aliphatic carbocycles. The van der Waals surface area contributed by atoms with Gasteiger partial charge in [0.15, 0.2) is 5.78 Å². The van der Waals surface area contributed by atoms with Gasteiger partial charge in [0.25, 0.3) is 0 Å². The third kappa shape index (κ3) is 1.75. The van der Waals surface area contributed by atoms with E-state index in [1.54, 1.807) is 18.2 Å². The third-order valence-electron chi connectivity index (χ3n) is 2.68. The van der Waals surface area contributed by atoms with Gasteiger partial charge in [0.1, 0.15) is 0 Å². The molecule has 2 N–H and O–H groups in total. The minimum atomic E-state index is 0.186. The topological polar surface area (TPSA) is 43.1 Å². The van der Waals surface area contributed by atoms with Crippen LogP contribution in [-0.2, 0) is 0 Å². The largest absolute Gasteiger partial charge is 0.399 e. The van der Waals surface area contributed by atoms with Crippen molar-refractivity contribution in [2.24, 2.45) is 5.92 Å². The van der Waals surface area contributed by atoms with Gasteiger partial charge >= 0.3 is 0 Å². The van der Waals surface area contributed by atoms with Gasteiger partial charge in [0, 0.05) is 22.2 Å². The van der Waals surface area contributed by atoms with Gasteiger partial charge in [-0.3, -0.25) is 4.79 Å². The molecular weight excluding hydrogens is 198 g/mol. The van der Waals surface area contributed by atoms with Crippen molar-refractivity contribution in [3.8, 4) is 0 Å². The highest BCUT2D eigenvalue weighted by Crippen LogP contribution is 2.31. The van der Waals surface area contributed by atoms with E-state index in [1.807, 2.05) is 0 Å². The molecule has 2 nitrogen and oxygen atoms in total. The average molecular weight is 210 g/mol. The number of carbonyl (C=O) groups is 1. The molecule has 14 heavy (non-hydrogen) atoms. The molecule has 0 bridgehead atoms. The van der Waals surface area contributed by atoms with Gasteiger partial charge in [0.05, 0.1) is 0 Å². The first kappa shape index (κ1) is 9.53. The minimum Gasteiger partial charge on any atom is -0.399 e. The molecule has 2 rings (SSSR count). The van der Waals surface area contributed by atoms with Crippen LogP contribution in [0.5, 0.6) is 0 Å². The lowest BCUT2D eigenvalue weighted by Crippen LogP contribution is -2.22. The van der Waals surface area contributed by atoms with E-state index in [4.69, 9.17) is 17.3 Å². The number of benzene rings is 1. The molecule has 1 fully saturated rings. The number of ketones is 1. The fraction of sp³-hybridized carbons (Fsp3) is 0.364. The van der Waals surface area contributed by atoms with E-state index >= 15 is 0 Å². The van der Waals surface area contributed by atoms with Crippen molar-refractivity contribution in [2.75, 3.05) is 5.73 Å². The van der Waals surface area contributed by atoms with Gasteiger partial charge in [-0.2, -0.15) is 0 Å². The maximum Gasteiger partial charge on any atom is 0.166 e. The summed E-state index contributed by atoms with van der Waals surface area (Å²) in [7, 11) is 0. The molecule has 1 saturated carbocycles. The van der Waals surface area contributed by atoms with Crippen LogP contribution >= 0.6 is 11.6 Å². The van der Waals surface area contributed by atoms with Gasteiger partial charge in [-0.15, -0.1) is 0 Å². The summed E-state index contributed by atoms with van der Waals surface area (Å²) in [5.74, 6) is 0.387. The van der Waals surface area contributed by atoms with Crippen LogP contribution < -0.4 is 5.73 Å². The molecule has 0 spiro atoms. The van der Waals surface area contributed by atoms with Crippen LogP contribution in [-0.4, -0.2) is 5.78 Å². The molecule has 0 unspecified atom stereocenters. The Hall–Kier alpha value is -1.02. The van der Waals surface area contributed by atoms with Crippen LogP contribution in [0.25, 0.3) is 0 Å². The van der Waals surface area contributed by atoms with Crippen molar-refractivity contribution in [2.45, 2.75) is 19.3 Å². The molecule has 1 aromatic carbocycles. The molecule has 0 atom stereocenters. The van der Waals surface area contributed by atoms with Crippen LogP contribution in [0.3, 0.4) is 0 Å². The maximum atomic E-state index is 11.8. The van der Waals surface area contributed by atoms with Gasteiger partial charge in [0.2, 0.25) is 0 Å². The zero-order valence-electron chi connectivity index (χ0n) is 7.79. The first-order valence-corrected chi connectivity index (χ1v) is 5.15. The second-order valence-electron chi connectivity index (χ2n) is 3.77. The van der Waals surface area contributed by atoms with E-state index in [2.05, 4.69) is 0 Å². The van der Waals surface area contributed by atoms with Crippen molar-refractivity contribution in [3.05, 3.63) is 28.8 Å². The van der Waals surface area contributed by atoms with Crippen LogP contribution in [0.4, 0.5) is 5.69 Å². The molecule has 0 radical (unpaired) electrons. The van der Waals surface area contributed by atoms with E-state index in [0.29, 0.717) is 16.3 Å². The summed E-state index contributed by atoms with van der Waals surface area (Å²) in [6.45, 7) is 0. The van der Waals surface area contributed by atoms with Crippen molar-refractivity contribution < 1.29 is 4.79 Å². The lowest BCUT2D eigenvalue weighted by atomic mass is 9.80. The molecule has 0 aromatic heterocycles. The summed E-state index contributed by atoms with van der Waals surface area (Å²) in [6, 6.07) is 5.05. The Morgan fingerprint density at radius 1 is 1.36 bits per heavy atom. The summed E-state index contributed by atoms with van der Waals surface area (Å²) in [6.07, 6.45) is 3.17. The minimum absolute atomic E-state index is 0.186. The Morgan fingerprint density at radius 3 is 2.57 bits per heavy atom. The molecule has 1 aliphatic rings. The number of anilines is 1. The smallest absolute Gasteiger partial charge is 0.166 e. The second kappa shape index (κ2) is 3.62. The monoisotopic (exact) mass is 209 g/mol. The number of nitrogen functional groups attached to an aromatic ring is 1. The molecule has 1 aromatic rings. The number of hydrogen-bond acceptors (Lipinski definition) is 2. The van der Waals surface area contributed by atoms with Gasteiger partial charge in [-0.1, -0.05) is 18.0 Å². The van der Waals surface area contributed by atoms with E-state index < -0.39 is 0 Å². The predicted molar refractivity (Wildman–Crippen MR) is 57.5 cm³/mol. The highest BCUT2D eigenvalue weighted by atomic mass is 35.5. The van der Waals surface area contributed by atoms with Crippen molar-refractivity contribution >= 4 is 23.1 Å². The second-order valence-corrected chi connectivity index (χ2v) is 4.20. The quantitative estimate of drug-likeness (QED) is 0.601. The fourth-order valence-corrected chi connectivity index (χ4v) is 1.90. The fourth-order valence-electron chi connectivity index (χ4n) is 1.66. The summed E-state index contributed by atoms with van der Waals surface area (Å²) in [5, 5.41) is 0.535. The zero-order valence-corrected chi connectivity index (χ0v) is 8.55. The highest BCUT2D eigenvalue weighted by molar-refractivity contribution is 6.31. The van der Waals surface area contributed by atoms with Crippen molar-refractivity contribution in [3.63, 3.8) is 0 Å². The third-order valence-corrected chi connectivity index (χ3v) is 2.90. The van der Waals surface area contributed by atoms with Gasteiger partial charge < -0.3 is 5.73 Å². The Balaban J connectivity index is 2.26. The molecule has 0 aliphatic heterocycles. The standard InChI is InChI=1S/C11H12ClNO/c12-9-4-8(5-10(13)6-9)11(14)7-2-1-3-7/h4-7H,1-3,13H2. The molecule has 74 valence electrons. The van der Waals surface area contributed by atoms with E-state index in [0.717, 1.165) is 19.3 Å². The number of rotatable bonds is 2. The Morgan fingerprint density at radius 2 is 2.07 bits per heavy atom. The number of carbonyl (C=O) groups excluding carboxylic acids is 1. The van der Waals surface area contributed by atoms with Crippen LogP contribution in [0.15, 0.2) is 18.2 Å². The first-order valence-electron chi connectivity index (χ1n) is 4.77. The number of nitrogens with two attached hydrogens (primary N) is 1. The number of halogens is 1. The lowest BCUT2D eigenvalue weighted by molar-refractivity contribution is 0.0855. The van der Waals surface area contributed by atoms with E-state index in [9.17, 15) is 4.79 Å². The molecule has 0 saturated heterocycles. The normalized spacial score (nSPS) is 16.4. The summed E-state index contributed by atoms with van der Waals surface area (Å²) >= 11 is 5.83. The van der Waals surface area contributed by atoms with E-state index in [-0.39, 0.29) is 11.7 Å². The van der Waals surface area contributed by atoms with E-state index in [1.165, 1.54) is 0 Å². The van der Waals surface area contributed by atoms with Gasteiger partial charge in [-0.25, -0.2) is 0 Å². The Bertz CT molecular complexity index is 351. The summed E-state index contributed by atoms with van der Waals surface area (Å²) < 4.78 is 0. The zero-order chi connectivity index (χ0) is 10.1. The number of hydrogen-bond donors (Lipinski definition) is 1. The van der Waals surface area contributed by atoms with Gasteiger partial charge in [-0.05, 0) is 31.0 Å². The summed E-state index contributed by atoms with van der Waals surface area (Å²) in [4.78, 5) is 11.8. The molecule has 3 heteroatoms. The number of Topliss-reactive ketones (excluding diaryl/α,β-unsaturated/α-hetero) is 1. The maximum absolute atomic E-state index is 11.8. The average Bonchev–Trinajstić information content (AvgIpc) is 1.98. The molecule has 0 heterocycles. The predicted octanol–water partition coefficient (Wildman–Crippen LogP) is 2.91. The highest BCUT2D eigenvalue weighted by Gasteiger charge is 2.26. The van der Waals surface area contributed by atoms with Crippen molar-refractivity contribution in [1.29, 1.82) is 0 Å². The summed E-state index contributed by atoms with van der Waals surface area (Å²) in [5.41, 5.74) is 6.83. The first-order chi connectivity index (χ1) is 6.66. The molecular formula is C11H12ClNO. The molecule has 0 amide bonds. The Labute approximate surface area is 88.1 Å². The lowest BCUT2D eigenvalue weighted by Gasteiger charge is -2.23. The Kier molecular flexibility index (Phi) is 2.46. The van der Waals surface area contributed by atoms with Crippen LogP contribution in [0.2, 0.25) is 5.02 Å². The SMILES string of the molecule is Nc1cc(Cl)cc(C(=O)C2CCC2)c1. The van der Waals surface area contributed by atoms with Crippen molar-refractivity contribution in [1.82, 2.24) is 0 Å². The van der Waals surface area contributed by atoms with Crippen LogP contribution in [0.1, 0.15) is 29.6 Å².